The first kappa shape index (κ1) is 63.4. The third kappa shape index (κ3) is 18.8. The molecule has 0 nitrogen and oxygen atoms in total. The summed E-state index contributed by atoms with van der Waals surface area (Å²) in [5, 5.41) is 10.8. The molecule has 0 bridgehead atoms. The second-order valence-corrected chi connectivity index (χ2v) is 21.6. The van der Waals surface area contributed by atoms with E-state index in [4.69, 9.17) is 0 Å². The predicted octanol–water partition coefficient (Wildman–Crippen LogP) is 14.3. The fourth-order valence-corrected chi connectivity index (χ4v) is 11.4. The molecule has 10 aromatic carbocycles. The van der Waals surface area contributed by atoms with Crippen LogP contribution in [0.4, 0.5) is 0 Å². The fraction of sp³-hybridized carbons (Fsp3) is 0.189. The van der Waals surface area contributed by atoms with Gasteiger partial charge in [-0.15, -0.1) is 92.3 Å². The SMILES string of the molecule is CCCC1=C(CCC)C[C-]=C1.CCCC1=C(CCC)C[C-]=C1.[Cl-].[Cl-].[Zr+2]=[C](c1ccccc1)c1ccccc1.[Zr+2]=[C](c1ccccc1)c1ccccc1.c1ccc2c(c1)[cH-]c1ccccc12.c1ccc2c(c1)[cH-]c1ccccc12. The van der Waals surface area contributed by atoms with E-state index < -0.39 is 0 Å². The average molecular weight is 1210 g/mol. The van der Waals surface area contributed by atoms with Crippen LogP contribution in [0.2, 0.25) is 0 Å². The van der Waals surface area contributed by atoms with Crippen molar-refractivity contribution >= 4 is 49.5 Å². The quantitative estimate of drug-likeness (QED) is 0.107. The molecule has 0 radical (unpaired) electrons. The summed E-state index contributed by atoms with van der Waals surface area (Å²) in [5.41, 5.74) is 11.7. The molecular weight excluding hydrogens is 1140 g/mol. The Bertz CT molecular complexity index is 3060. The summed E-state index contributed by atoms with van der Waals surface area (Å²) in [6, 6.07) is 80.8. The van der Waals surface area contributed by atoms with Crippen molar-refractivity contribution in [1.82, 2.24) is 0 Å². The number of halogens is 2. The van der Waals surface area contributed by atoms with Crippen molar-refractivity contribution in [1.29, 1.82) is 0 Å². The number of hydrogen-bond acceptors (Lipinski definition) is 0. The summed E-state index contributed by atoms with van der Waals surface area (Å²) in [5.74, 6) is 0. The van der Waals surface area contributed by atoms with Gasteiger partial charge in [0.25, 0.3) is 0 Å². The first-order chi connectivity index (χ1) is 37.4. The van der Waals surface area contributed by atoms with Crippen molar-refractivity contribution in [3.63, 3.8) is 0 Å². The maximum absolute atomic E-state index is 3.29. The molecule has 0 aromatic heterocycles. The largest absolute Gasteiger partial charge is 0.126 e. The summed E-state index contributed by atoms with van der Waals surface area (Å²) in [6.07, 6.45) is 23.3. The van der Waals surface area contributed by atoms with Gasteiger partial charge >= 0.3 is 198 Å². The van der Waals surface area contributed by atoms with Gasteiger partial charge < -0.3 is 24.8 Å². The van der Waals surface area contributed by atoms with Crippen LogP contribution in [0, 0.1) is 12.2 Å². The van der Waals surface area contributed by atoms with Gasteiger partial charge in [0.2, 0.25) is 0 Å². The molecule has 0 N–H and O–H groups in total. The van der Waals surface area contributed by atoms with Gasteiger partial charge in [-0.2, -0.15) is 22.3 Å². The van der Waals surface area contributed by atoms with Crippen LogP contribution in [0.1, 0.15) is 114 Å². The Morgan fingerprint density at radius 2 is 0.564 bits per heavy atom. The summed E-state index contributed by atoms with van der Waals surface area (Å²) in [6.45, 7) is 8.97. The molecule has 78 heavy (non-hydrogen) atoms. The third-order valence-electron chi connectivity index (χ3n) is 13.5. The van der Waals surface area contributed by atoms with Gasteiger partial charge in [0.05, 0.1) is 0 Å². The Hall–Kier alpha value is -5.45. The van der Waals surface area contributed by atoms with Crippen molar-refractivity contribution in [3.05, 3.63) is 299 Å². The molecule has 0 spiro atoms. The summed E-state index contributed by atoms with van der Waals surface area (Å²) < 4.78 is 2.83. The van der Waals surface area contributed by atoms with Crippen molar-refractivity contribution in [3.8, 4) is 0 Å². The van der Waals surface area contributed by atoms with Gasteiger partial charge in [-0.1, -0.05) is 139 Å². The molecule has 0 saturated carbocycles. The number of fused-ring (bicyclic) bond motifs is 6. The smallest absolute Gasteiger partial charge is 0.0771 e. The first-order valence-corrected chi connectivity index (χ1v) is 29.9. The Morgan fingerprint density at radius 3 is 0.808 bits per heavy atom. The van der Waals surface area contributed by atoms with Crippen LogP contribution < -0.4 is 24.8 Å². The van der Waals surface area contributed by atoms with E-state index in [9.17, 15) is 0 Å². The number of hydrogen-bond donors (Lipinski definition) is 0. The molecule has 0 atom stereocenters. The van der Waals surface area contributed by atoms with Crippen molar-refractivity contribution in [2.24, 2.45) is 0 Å². The fourth-order valence-electron chi connectivity index (χ4n) is 9.72. The van der Waals surface area contributed by atoms with E-state index in [-0.39, 0.29) is 24.8 Å². The zero-order chi connectivity index (χ0) is 53.2. The van der Waals surface area contributed by atoms with Crippen LogP contribution >= 0.6 is 0 Å². The van der Waals surface area contributed by atoms with E-state index in [2.05, 4.69) is 283 Å². The molecule has 0 unspecified atom stereocenters. The minimum atomic E-state index is 0. The Kier molecular flexibility index (Phi) is 28.6. The molecule has 2 aliphatic rings. The van der Waals surface area contributed by atoms with Gasteiger partial charge in [0.1, 0.15) is 0 Å². The monoisotopic (exact) mass is 1210 g/mol. The van der Waals surface area contributed by atoms with Crippen LogP contribution in [0.5, 0.6) is 0 Å². The molecule has 10 aromatic rings. The molecule has 2 aliphatic carbocycles. The maximum atomic E-state index is 3.29. The second kappa shape index (κ2) is 35.2. The van der Waals surface area contributed by atoms with E-state index in [0.29, 0.717) is 0 Å². The Morgan fingerprint density at radius 1 is 0.333 bits per heavy atom. The van der Waals surface area contributed by atoms with Gasteiger partial charge in [-0.3, -0.25) is 12.2 Å². The topological polar surface area (TPSA) is 0 Å². The summed E-state index contributed by atoms with van der Waals surface area (Å²) in [4.78, 5) is 0. The Balaban J connectivity index is 0.000000172. The second-order valence-electron chi connectivity index (χ2n) is 19.2. The minimum absolute atomic E-state index is 0. The van der Waals surface area contributed by atoms with Crippen LogP contribution in [-0.4, -0.2) is 6.41 Å². The Labute approximate surface area is 509 Å². The normalized spacial score (nSPS) is 11.9. The van der Waals surface area contributed by atoms with Gasteiger partial charge in [0.15, 0.2) is 0 Å². The predicted molar refractivity (Wildman–Crippen MR) is 325 cm³/mol. The maximum Gasteiger partial charge on any atom is -0.0771 e. The minimum Gasteiger partial charge on any atom is -0.126 e. The van der Waals surface area contributed by atoms with E-state index >= 15 is 0 Å². The molecular formula is C74H72Cl2Zr2-2. The summed E-state index contributed by atoms with van der Waals surface area (Å²) >= 11 is 2.92. The van der Waals surface area contributed by atoms with E-state index in [0.717, 1.165) is 12.8 Å². The van der Waals surface area contributed by atoms with E-state index in [1.807, 2.05) is 0 Å². The van der Waals surface area contributed by atoms with Crippen molar-refractivity contribution in [2.75, 3.05) is 0 Å². The molecule has 0 heterocycles. The zero-order valence-electron chi connectivity index (χ0n) is 45.9. The average Bonchev–Trinajstić information content (AvgIpc) is 4.31. The number of benzene rings is 8. The molecule has 0 saturated heterocycles. The third-order valence-corrected chi connectivity index (χ3v) is 16.4. The van der Waals surface area contributed by atoms with Gasteiger partial charge in [-0.25, -0.2) is 12.2 Å². The van der Waals surface area contributed by atoms with Crippen LogP contribution in [0.15, 0.2) is 265 Å². The van der Waals surface area contributed by atoms with Crippen LogP contribution in [-0.2, 0) is 48.5 Å². The van der Waals surface area contributed by atoms with E-state index in [1.54, 1.807) is 22.3 Å². The number of rotatable bonds is 12. The molecule has 0 aliphatic heterocycles. The standard InChI is InChI=1S/2C13H9.2C13H10.2C11H17.2ClH.2Zr/c2*1-3-7-12-10(5-1)9-11-6-2-4-8-13(11)12;2*1-3-7-12(8-4-1)11-13-9-5-2-6-10-13;2*1-3-6-10-8-5-9-11(10)7-4-2;;;;/h2*1-9H;2*1-10H;2*8H,3-4,6-7,9H2,1-2H3;2*1H;;/q2*-1;;;2*-1;;;2*+2/p-2. The van der Waals surface area contributed by atoms with Crippen molar-refractivity contribution < 1.29 is 73.3 Å². The van der Waals surface area contributed by atoms with Crippen LogP contribution in [0.3, 0.4) is 0 Å². The summed E-state index contributed by atoms with van der Waals surface area (Å²) in [7, 11) is 0. The van der Waals surface area contributed by atoms with Crippen molar-refractivity contribution in [2.45, 2.75) is 91.9 Å². The molecule has 392 valence electrons. The van der Waals surface area contributed by atoms with Gasteiger partial charge in [-0.05, 0) is 12.8 Å². The van der Waals surface area contributed by atoms with Gasteiger partial charge in [0, 0.05) is 0 Å². The van der Waals surface area contributed by atoms with E-state index in [1.165, 1.54) is 172 Å². The molecule has 4 heteroatoms. The molecule has 0 fully saturated rings. The molecule has 12 rings (SSSR count). The first-order valence-electron chi connectivity index (χ1n) is 27.4. The molecule has 0 amide bonds. The van der Waals surface area contributed by atoms with Crippen LogP contribution in [0.25, 0.3) is 43.1 Å². The number of allylic oxidation sites excluding steroid dienone is 8. The zero-order valence-corrected chi connectivity index (χ0v) is 52.3.